The van der Waals surface area contributed by atoms with E-state index >= 15 is 0 Å². The minimum Gasteiger partial charge on any atom is -0.319 e. The minimum absolute atomic E-state index is 0.400. The van der Waals surface area contributed by atoms with E-state index in [0.29, 0.717) is 0 Å². The van der Waals surface area contributed by atoms with Crippen LogP contribution in [0.2, 0.25) is 5.02 Å². The second-order valence-corrected chi connectivity index (χ2v) is 6.98. The summed E-state index contributed by atoms with van der Waals surface area (Å²) < 4.78 is 0. The Labute approximate surface area is 122 Å². The lowest BCUT2D eigenvalue weighted by atomic mass is 9.94. The third-order valence-corrected chi connectivity index (χ3v) is 5.26. The first-order chi connectivity index (χ1) is 9.04. The van der Waals surface area contributed by atoms with Crippen LogP contribution in [0.1, 0.15) is 34.5 Å². The van der Waals surface area contributed by atoms with Crippen LogP contribution in [0.15, 0.2) is 24.3 Å². The van der Waals surface area contributed by atoms with Gasteiger partial charge in [-0.25, -0.2) is 4.98 Å². The number of aryl methyl sites for hydroxylation is 2. The first kappa shape index (κ1) is 13.1. The molecule has 1 heterocycles. The molecule has 0 bridgehead atoms. The molecule has 1 aromatic carbocycles. The van der Waals surface area contributed by atoms with Crippen molar-refractivity contribution in [2.45, 2.75) is 38.1 Å². The van der Waals surface area contributed by atoms with E-state index in [4.69, 9.17) is 22.3 Å². The molecule has 1 aliphatic rings. The van der Waals surface area contributed by atoms with Gasteiger partial charge in [-0.05, 0) is 50.3 Å². The van der Waals surface area contributed by atoms with Gasteiger partial charge in [-0.3, -0.25) is 0 Å². The Kier molecular flexibility index (Phi) is 3.37. The van der Waals surface area contributed by atoms with Crippen molar-refractivity contribution in [2.75, 3.05) is 0 Å². The van der Waals surface area contributed by atoms with Crippen LogP contribution in [0.3, 0.4) is 0 Å². The van der Waals surface area contributed by atoms with E-state index in [0.717, 1.165) is 22.9 Å². The summed E-state index contributed by atoms with van der Waals surface area (Å²) in [5.74, 6) is 0. The average Bonchev–Trinajstić information content (AvgIpc) is 2.92. The average molecular weight is 293 g/mol. The zero-order chi connectivity index (χ0) is 13.5. The number of nitrogens with two attached hydrogens (primary N) is 1. The maximum absolute atomic E-state index is 6.48. The Morgan fingerprint density at radius 1 is 1.32 bits per heavy atom. The zero-order valence-electron chi connectivity index (χ0n) is 10.9. The molecule has 2 nitrogen and oxygen atoms in total. The zero-order valence-corrected chi connectivity index (χ0v) is 12.5. The predicted molar refractivity (Wildman–Crippen MR) is 80.8 cm³/mol. The van der Waals surface area contributed by atoms with Gasteiger partial charge in [0.25, 0.3) is 0 Å². The molecule has 3 rings (SSSR count). The summed E-state index contributed by atoms with van der Waals surface area (Å²) in [5.41, 5.74) is 8.55. The minimum atomic E-state index is -0.400. The molecule has 1 aromatic heterocycles. The molecule has 19 heavy (non-hydrogen) atoms. The van der Waals surface area contributed by atoms with Crippen molar-refractivity contribution in [1.29, 1.82) is 0 Å². The highest BCUT2D eigenvalue weighted by molar-refractivity contribution is 7.12. The summed E-state index contributed by atoms with van der Waals surface area (Å²) in [6, 6.07) is 7.90. The van der Waals surface area contributed by atoms with Crippen molar-refractivity contribution in [3.63, 3.8) is 0 Å². The highest BCUT2D eigenvalue weighted by Crippen LogP contribution is 2.33. The number of fused-ring (bicyclic) bond motifs is 1. The molecular formula is C15H17ClN2S. The predicted octanol–water partition coefficient (Wildman–Crippen LogP) is 3.70. The topological polar surface area (TPSA) is 38.9 Å². The second kappa shape index (κ2) is 4.89. The van der Waals surface area contributed by atoms with E-state index in [1.807, 2.05) is 24.3 Å². The molecule has 1 aliphatic carbocycles. The molecule has 1 atom stereocenters. The first-order valence-corrected chi connectivity index (χ1v) is 7.76. The lowest BCUT2D eigenvalue weighted by molar-refractivity contribution is 0.487. The monoisotopic (exact) mass is 292 g/mol. The fourth-order valence-electron chi connectivity index (χ4n) is 2.54. The Hall–Kier alpha value is -0.900. The molecule has 0 spiro atoms. The van der Waals surface area contributed by atoms with E-state index < -0.39 is 5.54 Å². The van der Waals surface area contributed by atoms with Crippen LogP contribution in [0.25, 0.3) is 0 Å². The van der Waals surface area contributed by atoms with Crippen molar-refractivity contribution >= 4 is 22.9 Å². The molecule has 0 radical (unpaired) electrons. The van der Waals surface area contributed by atoms with Crippen LogP contribution in [0, 0.1) is 0 Å². The van der Waals surface area contributed by atoms with Crippen molar-refractivity contribution in [2.24, 2.45) is 5.73 Å². The molecular weight excluding hydrogens is 276 g/mol. The van der Waals surface area contributed by atoms with Crippen LogP contribution in [0.4, 0.5) is 0 Å². The lowest BCUT2D eigenvalue weighted by Gasteiger charge is -2.22. The SMILES string of the molecule is CC(N)(Cc1ccc(Cl)cc1)c1nc2c(s1)CCC2. The van der Waals surface area contributed by atoms with E-state index in [9.17, 15) is 0 Å². The van der Waals surface area contributed by atoms with Gasteiger partial charge in [-0.15, -0.1) is 11.3 Å². The summed E-state index contributed by atoms with van der Waals surface area (Å²) >= 11 is 7.70. The third-order valence-electron chi connectivity index (χ3n) is 3.57. The molecule has 0 aliphatic heterocycles. The van der Waals surface area contributed by atoms with Crippen molar-refractivity contribution < 1.29 is 0 Å². The van der Waals surface area contributed by atoms with Gasteiger partial charge in [-0.1, -0.05) is 23.7 Å². The molecule has 0 amide bonds. The summed E-state index contributed by atoms with van der Waals surface area (Å²) in [5, 5.41) is 1.82. The van der Waals surface area contributed by atoms with Gasteiger partial charge in [-0.2, -0.15) is 0 Å². The Morgan fingerprint density at radius 2 is 2.05 bits per heavy atom. The number of hydrogen-bond acceptors (Lipinski definition) is 3. The summed E-state index contributed by atoms with van der Waals surface area (Å²) in [7, 11) is 0. The number of aromatic nitrogens is 1. The summed E-state index contributed by atoms with van der Waals surface area (Å²) in [6.07, 6.45) is 4.32. The highest BCUT2D eigenvalue weighted by atomic mass is 35.5. The van der Waals surface area contributed by atoms with Crippen LogP contribution in [0.5, 0.6) is 0 Å². The van der Waals surface area contributed by atoms with Gasteiger partial charge < -0.3 is 5.73 Å². The maximum atomic E-state index is 6.48. The van der Waals surface area contributed by atoms with Gasteiger partial charge in [0.05, 0.1) is 11.2 Å². The molecule has 2 aromatic rings. The van der Waals surface area contributed by atoms with E-state index in [1.54, 1.807) is 11.3 Å². The standard InChI is InChI=1S/C15H17ClN2S/c1-15(17,9-10-5-7-11(16)8-6-10)14-18-12-3-2-4-13(12)19-14/h5-8H,2-4,9,17H2,1H3. The maximum Gasteiger partial charge on any atom is 0.113 e. The second-order valence-electron chi connectivity index (χ2n) is 5.46. The van der Waals surface area contributed by atoms with Crippen molar-refractivity contribution in [3.05, 3.63) is 50.4 Å². The number of benzene rings is 1. The highest BCUT2D eigenvalue weighted by Gasteiger charge is 2.28. The molecule has 2 N–H and O–H groups in total. The van der Waals surface area contributed by atoms with E-state index in [2.05, 4.69) is 6.92 Å². The fourth-order valence-corrected chi connectivity index (χ4v) is 3.87. The molecule has 1 unspecified atom stereocenters. The van der Waals surface area contributed by atoms with Crippen LogP contribution in [-0.2, 0) is 24.8 Å². The Balaban J connectivity index is 1.83. The fraction of sp³-hybridized carbons (Fsp3) is 0.400. The van der Waals surface area contributed by atoms with Gasteiger partial charge in [0.1, 0.15) is 5.01 Å². The van der Waals surface area contributed by atoms with Crippen LogP contribution in [-0.4, -0.2) is 4.98 Å². The Bertz CT molecular complexity index is 565. The first-order valence-electron chi connectivity index (χ1n) is 6.57. The molecule has 100 valence electrons. The van der Waals surface area contributed by atoms with Crippen LogP contribution >= 0.6 is 22.9 Å². The largest absolute Gasteiger partial charge is 0.319 e. The normalized spacial score (nSPS) is 17.2. The number of halogens is 1. The number of rotatable bonds is 3. The lowest BCUT2D eigenvalue weighted by Crippen LogP contribution is -2.35. The van der Waals surface area contributed by atoms with E-state index in [-0.39, 0.29) is 0 Å². The van der Waals surface area contributed by atoms with Gasteiger partial charge >= 0.3 is 0 Å². The number of nitrogens with zero attached hydrogens (tertiary/aromatic N) is 1. The van der Waals surface area contributed by atoms with Gasteiger partial charge in [0.2, 0.25) is 0 Å². The van der Waals surface area contributed by atoms with Gasteiger partial charge in [0.15, 0.2) is 0 Å². The summed E-state index contributed by atoms with van der Waals surface area (Å²) in [6.45, 7) is 2.07. The van der Waals surface area contributed by atoms with Crippen molar-refractivity contribution in [1.82, 2.24) is 4.98 Å². The van der Waals surface area contributed by atoms with Gasteiger partial charge in [0, 0.05) is 9.90 Å². The summed E-state index contributed by atoms with van der Waals surface area (Å²) in [4.78, 5) is 6.18. The molecule has 4 heteroatoms. The molecule has 0 fully saturated rings. The smallest absolute Gasteiger partial charge is 0.113 e. The quantitative estimate of drug-likeness (QED) is 0.937. The van der Waals surface area contributed by atoms with Crippen LogP contribution < -0.4 is 5.73 Å². The number of hydrogen-bond donors (Lipinski definition) is 1. The molecule has 0 saturated carbocycles. The third kappa shape index (κ3) is 2.69. The Morgan fingerprint density at radius 3 is 2.74 bits per heavy atom. The van der Waals surface area contributed by atoms with E-state index in [1.165, 1.54) is 29.0 Å². The number of thiazole rings is 1. The van der Waals surface area contributed by atoms with Crippen molar-refractivity contribution in [3.8, 4) is 0 Å². The molecule has 0 saturated heterocycles.